The minimum Gasteiger partial charge on any atom is -0.494 e. The van der Waals surface area contributed by atoms with Gasteiger partial charge in [-0.25, -0.2) is 4.98 Å². The number of aromatic nitrogens is 1. The third-order valence-electron chi connectivity index (χ3n) is 4.44. The molecule has 0 saturated heterocycles. The van der Waals surface area contributed by atoms with Gasteiger partial charge in [0.15, 0.2) is 0 Å². The molecule has 3 rings (SSSR count). The number of rotatable bonds is 9. The van der Waals surface area contributed by atoms with Gasteiger partial charge in [0.1, 0.15) is 17.6 Å². The molecule has 6 heteroatoms. The number of aliphatic carboxylic acids is 1. The van der Waals surface area contributed by atoms with Crippen molar-refractivity contribution in [2.24, 2.45) is 5.73 Å². The van der Waals surface area contributed by atoms with E-state index in [0.717, 1.165) is 41.2 Å². The van der Waals surface area contributed by atoms with Crippen LogP contribution in [0.1, 0.15) is 23.4 Å². The van der Waals surface area contributed by atoms with Crippen LogP contribution < -0.4 is 10.5 Å². The highest BCUT2D eigenvalue weighted by Crippen LogP contribution is 2.22. The van der Waals surface area contributed by atoms with E-state index < -0.39 is 12.0 Å². The maximum Gasteiger partial charge on any atom is 0.320 e. The third kappa shape index (κ3) is 5.20. The summed E-state index contributed by atoms with van der Waals surface area (Å²) in [5.41, 5.74) is 8.33. The minimum absolute atomic E-state index is 0.296. The Balaban J connectivity index is 1.47. The summed E-state index contributed by atoms with van der Waals surface area (Å²) < 4.78 is 11.5. The quantitative estimate of drug-likeness (QED) is 0.550. The van der Waals surface area contributed by atoms with Crippen molar-refractivity contribution in [1.82, 2.24) is 4.98 Å². The van der Waals surface area contributed by atoms with Crippen molar-refractivity contribution in [2.75, 3.05) is 6.61 Å². The average Bonchev–Trinajstić information content (AvgIpc) is 3.08. The SMILES string of the molecule is Cc1oc(-c2ccccc2)nc1CCCOc1ccc(C[C@H](N)C(=O)O)cc1. The highest BCUT2D eigenvalue weighted by Gasteiger charge is 2.12. The van der Waals surface area contributed by atoms with E-state index in [0.29, 0.717) is 18.9 Å². The van der Waals surface area contributed by atoms with E-state index in [9.17, 15) is 4.79 Å². The smallest absolute Gasteiger partial charge is 0.320 e. The Morgan fingerprint density at radius 1 is 1.18 bits per heavy atom. The Hall–Kier alpha value is -3.12. The van der Waals surface area contributed by atoms with Gasteiger partial charge in [-0.05, 0) is 56.0 Å². The number of carbonyl (C=O) groups is 1. The fourth-order valence-corrected chi connectivity index (χ4v) is 2.86. The first kappa shape index (κ1) is 19.6. The van der Waals surface area contributed by atoms with Crippen LogP contribution in [0.2, 0.25) is 0 Å². The average molecular weight is 380 g/mol. The van der Waals surface area contributed by atoms with Gasteiger partial charge in [-0.15, -0.1) is 0 Å². The normalized spacial score (nSPS) is 11.9. The summed E-state index contributed by atoms with van der Waals surface area (Å²) in [6, 6.07) is 16.3. The van der Waals surface area contributed by atoms with E-state index in [4.69, 9.17) is 20.0 Å². The van der Waals surface area contributed by atoms with Gasteiger partial charge in [-0.3, -0.25) is 4.79 Å². The molecule has 6 nitrogen and oxygen atoms in total. The molecule has 0 fully saturated rings. The maximum absolute atomic E-state index is 10.8. The molecule has 0 aliphatic carbocycles. The third-order valence-corrected chi connectivity index (χ3v) is 4.44. The number of carboxylic acid groups (broad SMARTS) is 1. The van der Waals surface area contributed by atoms with Gasteiger partial charge in [-0.1, -0.05) is 30.3 Å². The fraction of sp³-hybridized carbons (Fsp3) is 0.273. The van der Waals surface area contributed by atoms with Crippen molar-refractivity contribution < 1.29 is 19.1 Å². The van der Waals surface area contributed by atoms with Crippen LogP contribution in [-0.4, -0.2) is 28.7 Å². The maximum atomic E-state index is 10.8. The van der Waals surface area contributed by atoms with Gasteiger partial charge >= 0.3 is 5.97 Å². The van der Waals surface area contributed by atoms with Crippen LogP contribution in [0.3, 0.4) is 0 Å². The van der Waals surface area contributed by atoms with Crippen LogP contribution in [0.25, 0.3) is 11.5 Å². The second-order valence-electron chi connectivity index (χ2n) is 6.63. The topological polar surface area (TPSA) is 98.6 Å². The number of hydrogen-bond donors (Lipinski definition) is 2. The molecule has 2 aromatic carbocycles. The lowest BCUT2D eigenvalue weighted by Gasteiger charge is -2.09. The molecule has 146 valence electrons. The van der Waals surface area contributed by atoms with Crippen LogP contribution >= 0.6 is 0 Å². The lowest BCUT2D eigenvalue weighted by atomic mass is 10.1. The molecule has 0 aliphatic heterocycles. The lowest BCUT2D eigenvalue weighted by Crippen LogP contribution is -2.32. The lowest BCUT2D eigenvalue weighted by molar-refractivity contribution is -0.138. The Morgan fingerprint density at radius 2 is 1.89 bits per heavy atom. The van der Waals surface area contributed by atoms with E-state index in [2.05, 4.69) is 4.98 Å². The summed E-state index contributed by atoms with van der Waals surface area (Å²) in [6.07, 6.45) is 1.88. The summed E-state index contributed by atoms with van der Waals surface area (Å²) in [5.74, 6) is 1.22. The monoisotopic (exact) mass is 380 g/mol. The van der Waals surface area contributed by atoms with Crippen molar-refractivity contribution in [3.8, 4) is 17.2 Å². The highest BCUT2D eigenvalue weighted by molar-refractivity contribution is 5.73. The Kier molecular flexibility index (Phi) is 6.45. The van der Waals surface area contributed by atoms with Gasteiger partial charge in [0, 0.05) is 5.56 Å². The van der Waals surface area contributed by atoms with E-state index in [1.807, 2.05) is 61.5 Å². The van der Waals surface area contributed by atoms with Crippen LogP contribution in [0, 0.1) is 6.92 Å². The number of oxazole rings is 1. The molecule has 0 unspecified atom stereocenters. The summed E-state index contributed by atoms with van der Waals surface area (Å²) >= 11 is 0. The van der Waals surface area contributed by atoms with Crippen molar-refractivity contribution in [1.29, 1.82) is 0 Å². The van der Waals surface area contributed by atoms with Crippen molar-refractivity contribution >= 4 is 5.97 Å². The second-order valence-corrected chi connectivity index (χ2v) is 6.63. The second kappa shape index (κ2) is 9.19. The first-order chi connectivity index (χ1) is 13.5. The van der Waals surface area contributed by atoms with Crippen LogP contribution in [0.15, 0.2) is 59.0 Å². The Labute approximate surface area is 164 Å². The predicted octanol–water partition coefficient (Wildman–Crippen LogP) is 3.62. The fourth-order valence-electron chi connectivity index (χ4n) is 2.86. The summed E-state index contributed by atoms with van der Waals surface area (Å²) in [7, 11) is 0. The van der Waals surface area contributed by atoms with E-state index in [1.54, 1.807) is 0 Å². The molecule has 0 aliphatic rings. The largest absolute Gasteiger partial charge is 0.494 e. The molecule has 3 aromatic rings. The van der Waals surface area contributed by atoms with E-state index in [-0.39, 0.29) is 0 Å². The molecule has 0 spiro atoms. The van der Waals surface area contributed by atoms with Gasteiger partial charge in [-0.2, -0.15) is 0 Å². The molecule has 0 amide bonds. The number of aryl methyl sites for hydroxylation is 2. The number of benzene rings is 2. The number of hydrogen-bond acceptors (Lipinski definition) is 5. The molecule has 0 saturated carbocycles. The summed E-state index contributed by atoms with van der Waals surface area (Å²) in [5, 5.41) is 8.86. The first-order valence-corrected chi connectivity index (χ1v) is 9.25. The van der Waals surface area contributed by atoms with Crippen molar-refractivity contribution in [3.05, 3.63) is 71.6 Å². The molecular weight excluding hydrogens is 356 g/mol. The Bertz CT molecular complexity index is 904. The molecule has 1 heterocycles. The van der Waals surface area contributed by atoms with Gasteiger partial charge < -0.3 is 20.0 Å². The van der Waals surface area contributed by atoms with Crippen molar-refractivity contribution in [3.63, 3.8) is 0 Å². The van der Waals surface area contributed by atoms with Crippen LogP contribution in [0.4, 0.5) is 0 Å². The molecule has 28 heavy (non-hydrogen) atoms. The molecule has 0 bridgehead atoms. The molecule has 0 radical (unpaired) electrons. The zero-order valence-corrected chi connectivity index (χ0v) is 15.8. The number of ether oxygens (including phenoxy) is 1. The predicted molar refractivity (Wildman–Crippen MR) is 106 cm³/mol. The standard InChI is InChI=1S/C22H24N2O4/c1-15-20(24-21(28-15)17-6-3-2-4-7-17)8-5-13-27-18-11-9-16(10-12-18)14-19(23)22(25)26/h2-4,6-7,9-12,19H,5,8,13-14,23H2,1H3,(H,25,26)/t19-/m0/s1. The minimum atomic E-state index is -1.00. The van der Waals surface area contributed by atoms with Gasteiger partial charge in [0.25, 0.3) is 0 Å². The summed E-state index contributed by atoms with van der Waals surface area (Å²) in [4.78, 5) is 15.4. The van der Waals surface area contributed by atoms with E-state index in [1.165, 1.54) is 0 Å². The molecule has 1 aromatic heterocycles. The summed E-state index contributed by atoms with van der Waals surface area (Å²) in [6.45, 7) is 2.48. The first-order valence-electron chi connectivity index (χ1n) is 9.25. The Morgan fingerprint density at radius 3 is 2.57 bits per heavy atom. The number of carboxylic acids is 1. The number of nitrogens with two attached hydrogens (primary N) is 1. The van der Waals surface area contributed by atoms with Crippen LogP contribution in [-0.2, 0) is 17.6 Å². The van der Waals surface area contributed by atoms with Crippen LogP contribution in [0.5, 0.6) is 5.75 Å². The molecular formula is C22H24N2O4. The van der Waals surface area contributed by atoms with Gasteiger partial charge in [0.2, 0.25) is 5.89 Å². The number of nitrogens with zero attached hydrogens (tertiary/aromatic N) is 1. The van der Waals surface area contributed by atoms with Gasteiger partial charge in [0.05, 0.1) is 12.3 Å². The zero-order valence-electron chi connectivity index (χ0n) is 15.8. The van der Waals surface area contributed by atoms with Crippen molar-refractivity contribution in [2.45, 2.75) is 32.2 Å². The zero-order chi connectivity index (χ0) is 19.9. The molecule has 1 atom stereocenters. The van der Waals surface area contributed by atoms with E-state index >= 15 is 0 Å². The molecule has 3 N–H and O–H groups in total. The highest BCUT2D eigenvalue weighted by atomic mass is 16.5.